The van der Waals surface area contributed by atoms with Gasteiger partial charge in [0.2, 0.25) is 0 Å². The van der Waals surface area contributed by atoms with Gasteiger partial charge >= 0.3 is 5.97 Å². The third-order valence-corrected chi connectivity index (χ3v) is 4.78. The Kier molecular flexibility index (Phi) is 4.95. The standard InChI is InChI=1S/C22H19N3O4/c1-2-5-18-24-20-19(23-13-29-20)21(26)25(18)12-14-8-10-15(11-9-14)16-6-3-4-7-17(16)22(27)28/h3-4,6-11,13H,2,5,12H2,1H3,(H,27,28). The Morgan fingerprint density at radius 2 is 1.90 bits per heavy atom. The van der Waals surface area contributed by atoms with Crippen LogP contribution < -0.4 is 5.56 Å². The molecule has 0 unspecified atom stereocenters. The minimum Gasteiger partial charge on any atom is -0.478 e. The number of hydrogen-bond donors (Lipinski definition) is 1. The van der Waals surface area contributed by atoms with Gasteiger partial charge in [0.15, 0.2) is 11.9 Å². The van der Waals surface area contributed by atoms with E-state index in [0.29, 0.717) is 24.4 Å². The molecule has 0 saturated carbocycles. The van der Waals surface area contributed by atoms with Crippen molar-refractivity contribution in [3.8, 4) is 11.1 Å². The molecule has 0 bridgehead atoms. The molecule has 0 fully saturated rings. The van der Waals surface area contributed by atoms with E-state index in [1.165, 1.54) is 6.39 Å². The molecule has 7 heteroatoms. The number of oxazole rings is 1. The summed E-state index contributed by atoms with van der Waals surface area (Å²) in [6.07, 6.45) is 2.72. The van der Waals surface area contributed by atoms with Gasteiger partial charge in [0.05, 0.1) is 12.1 Å². The van der Waals surface area contributed by atoms with Crippen molar-refractivity contribution in [1.82, 2.24) is 14.5 Å². The molecule has 2 aromatic heterocycles. The van der Waals surface area contributed by atoms with Gasteiger partial charge in [-0.25, -0.2) is 9.78 Å². The fourth-order valence-corrected chi connectivity index (χ4v) is 3.36. The van der Waals surface area contributed by atoms with Crippen LogP contribution in [0.15, 0.2) is 64.1 Å². The molecule has 29 heavy (non-hydrogen) atoms. The SMILES string of the molecule is CCCc1nc2ocnc2c(=O)n1Cc1ccc(-c2ccccc2C(=O)O)cc1. The molecule has 2 heterocycles. The average molecular weight is 389 g/mol. The summed E-state index contributed by atoms with van der Waals surface area (Å²) in [6, 6.07) is 14.4. The van der Waals surface area contributed by atoms with Gasteiger partial charge in [-0.1, -0.05) is 49.4 Å². The number of hydrogen-bond acceptors (Lipinski definition) is 5. The number of fused-ring (bicyclic) bond motifs is 1. The molecule has 0 aliphatic carbocycles. The molecule has 4 rings (SSSR count). The molecule has 0 radical (unpaired) electrons. The average Bonchev–Trinajstić information content (AvgIpc) is 3.20. The van der Waals surface area contributed by atoms with Crippen LogP contribution in [0.3, 0.4) is 0 Å². The van der Waals surface area contributed by atoms with Crippen LogP contribution in [-0.4, -0.2) is 25.6 Å². The summed E-state index contributed by atoms with van der Waals surface area (Å²) in [7, 11) is 0. The highest BCUT2D eigenvalue weighted by Crippen LogP contribution is 2.24. The van der Waals surface area contributed by atoms with Crippen molar-refractivity contribution in [2.75, 3.05) is 0 Å². The van der Waals surface area contributed by atoms with Crippen LogP contribution in [0.4, 0.5) is 0 Å². The number of carboxylic acid groups (broad SMARTS) is 1. The van der Waals surface area contributed by atoms with Crippen molar-refractivity contribution >= 4 is 17.2 Å². The molecule has 0 spiro atoms. The van der Waals surface area contributed by atoms with Gasteiger partial charge in [-0.15, -0.1) is 0 Å². The zero-order chi connectivity index (χ0) is 20.4. The zero-order valence-electron chi connectivity index (χ0n) is 15.8. The first kappa shape index (κ1) is 18.6. The summed E-state index contributed by atoms with van der Waals surface area (Å²) in [5, 5.41) is 9.40. The number of nitrogens with zero attached hydrogens (tertiary/aromatic N) is 3. The van der Waals surface area contributed by atoms with Crippen molar-refractivity contribution in [1.29, 1.82) is 0 Å². The summed E-state index contributed by atoms with van der Waals surface area (Å²) >= 11 is 0. The van der Waals surface area contributed by atoms with E-state index in [9.17, 15) is 14.7 Å². The Morgan fingerprint density at radius 3 is 2.62 bits per heavy atom. The lowest BCUT2D eigenvalue weighted by Crippen LogP contribution is -2.26. The number of carbonyl (C=O) groups is 1. The van der Waals surface area contributed by atoms with E-state index in [1.807, 2.05) is 37.3 Å². The topological polar surface area (TPSA) is 98.2 Å². The molecule has 0 amide bonds. The number of rotatable bonds is 6. The fourth-order valence-electron chi connectivity index (χ4n) is 3.36. The summed E-state index contributed by atoms with van der Waals surface area (Å²) in [5.41, 5.74) is 2.87. The number of aromatic carboxylic acids is 1. The first-order chi connectivity index (χ1) is 14.1. The normalized spacial score (nSPS) is 11.1. The monoisotopic (exact) mass is 389 g/mol. The van der Waals surface area contributed by atoms with E-state index in [0.717, 1.165) is 17.5 Å². The second-order valence-electron chi connectivity index (χ2n) is 6.72. The lowest BCUT2D eigenvalue weighted by atomic mass is 9.99. The lowest BCUT2D eigenvalue weighted by molar-refractivity contribution is 0.0697. The number of aromatic nitrogens is 3. The van der Waals surface area contributed by atoms with Crippen molar-refractivity contribution < 1.29 is 14.3 Å². The Hall–Kier alpha value is -3.74. The van der Waals surface area contributed by atoms with Crippen LogP contribution in [0.25, 0.3) is 22.4 Å². The van der Waals surface area contributed by atoms with Crippen LogP contribution in [-0.2, 0) is 13.0 Å². The Bertz CT molecular complexity index is 1240. The molecule has 0 saturated heterocycles. The quantitative estimate of drug-likeness (QED) is 0.539. The highest BCUT2D eigenvalue weighted by Gasteiger charge is 2.15. The Labute approximate surface area is 166 Å². The van der Waals surface area contributed by atoms with Crippen molar-refractivity contribution in [2.24, 2.45) is 0 Å². The smallest absolute Gasteiger partial charge is 0.336 e. The highest BCUT2D eigenvalue weighted by molar-refractivity contribution is 5.95. The first-order valence-corrected chi connectivity index (χ1v) is 9.33. The van der Waals surface area contributed by atoms with Gasteiger partial charge in [-0.2, -0.15) is 4.98 Å². The number of aryl methyl sites for hydroxylation is 1. The van der Waals surface area contributed by atoms with Gasteiger partial charge in [-0.05, 0) is 29.2 Å². The summed E-state index contributed by atoms with van der Waals surface area (Å²) in [4.78, 5) is 32.7. The van der Waals surface area contributed by atoms with E-state index in [1.54, 1.807) is 22.8 Å². The van der Waals surface area contributed by atoms with E-state index < -0.39 is 5.97 Å². The molecule has 0 aliphatic rings. The Balaban J connectivity index is 1.70. The zero-order valence-corrected chi connectivity index (χ0v) is 15.8. The Morgan fingerprint density at radius 1 is 1.14 bits per heavy atom. The van der Waals surface area contributed by atoms with Crippen LogP contribution in [0, 0.1) is 0 Å². The minimum atomic E-state index is -0.965. The largest absolute Gasteiger partial charge is 0.478 e. The third-order valence-electron chi connectivity index (χ3n) is 4.78. The molecule has 0 aliphatic heterocycles. The molecule has 4 aromatic rings. The molecular formula is C22H19N3O4. The predicted molar refractivity (Wildman–Crippen MR) is 108 cm³/mol. The molecule has 146 valence electrons. The van der Waals surface area contributed by atoms with Crippen LogP contribution in [0.5, 0.6) is 0 Å². The summed E-state index contributed by atoms with van der Waals surface area (Å²) in [6.45, 7) is 2.38. The fraction of sp³-hybridized carbons (Fsp3) is 0.182. The van der Waals surface area contributed by atoms with Crippen LogP contribution in [0.2, 0.25) is 0 Å². The molecule has 7 nitrogen and oxygen atoms in total. The highest BCUT2D eigenvalue weighted by atomic mass is 16.4. The van der Waals surface area contributed by atoms with Crippen molar-refractivity contribution in [2.45, 2.75) is 26.3 Å². The van der Waals surface area contributed by atoms with E-state index in [-0.39, 0.29) is 22.4 Å². The summed E-state index contributed by atoms with van der Waals surface area (Å²) in [5.74, 6) is -0.311. The van der Waals surface area contributed by atoms with E-state index in [4.69, 9.17) is 4.42 Å². The maximum absolute atomic E-state index is 12.8. The molecule has 2 aromatic carbocycles. The van der Waals surface area contributed by atoms with Gasteiger partial charge < -0.3 is 9.52 Å². The van der Waals surface area contributed by atoms with Crippen LogP contribution in [0.1, 0.15) is 35.1 Å². The summed E-state index contributed by atoms with van der Waals surface area (Å²) < 4.78 is 6.82. The van der Waals surface area contributed by atoms with Crippen molar-refractivity contribution in [3.63, 3.8) is 0 Å². The second-order valence-corrected chi connectivity index (χ2v) is 6.72. The van der Waals surface area contributed by atoms with Gasteiger partial charge in [0, 0.05) is 6.42 Å². The second kappa shape index (κ2) is 7.71. The van der Waals surface area contributed by atoms with Crippen molar-refractivity contribution in [3.05, 3.63) is 82.2 Å². The minimum absolute atomic E-state index is 0.219. The van der Waals surface area contributed by atoms with Gasteiger partial charge in [-0.3, -0.25) is 9.36 Å². The molecule has 1 N–H and O–H groups in total. The van der Waals surface area contributed by atoms with E-state index >= 15 is 0 Å². The maximum atomic E-state index is 12.8. The van der Waals surface area contributed by atoms with Gasteiger partial charge in [0.1, 0.15) is 5.82 Å². The van der Waals surface area contributed by atoms with E-state index in [2.05, 4.69) is 9.97 Å². The number of carboxylic acids is 1. The van der Waals surface area contributed by atoms with Gasteiger partial charge in [0.25, 0.3) is 11.3 Å². The van der Waals surface area contributed by atoms with Crippen LogP contribution >= 0.6 is 0 Å². The lowest BCUT2D eigenvalue weighted by Gasteiger charge is -2.12. The predicted octanol–water partition coefficient (Wildman–Crippen LogP) is 3.75. The number of benzene rings is 2. The first-order valence-electron chi connectivity index (χ1n) is 9.33. The third kappa shape index (κ3) is 3.54. The molecule has 0 atom stereocenters. The maximum Gasteiger partial charge on any atom is 0.336 e. The molecular weight excluding hydrogens is 370 g/mol.